The van der Waals surface area contributed by atoms with Gasteiger partial charge in [-0.3, -0.25) is 4.79 Å². The van der Waals surface area contributed by atoms with Crippen LogP contribution in [-0.2, 0) is 4.79 Å². The third-order valence-electron chi connectivity index (χ3n) is 2.54. The van der Waals surface area contributed by atoms with Crippen LogP contribution in [0.4, 0.5) is 8.78 Å². The molecule has 1 aliphatic heterocycles. The van der Waals surface area contributed by atoms with Crippen molar-refractivity contribution < 1.29 is 13.6 Å². The zero-order chi connectivity index (χ0) is 10.3. The summed E-state index contributed by atoms with van der Waals surface area (Å²) in [5.41, 5.74) is -1.64. The van der Waals surface area contributed by atoms with Crippen LogP contribution in [-0.4, -0.2) is 16.2 Å². The van der Waals surface area contributed by atoms with Crippen LogP contribution in [0.5, 0.6) is 0 Å². The molecular formula is C8H10ClF2OS. The Kier molecular flexibility index (Phi) is 2.93. The average Bonchev–Trinajstić information content (AvgIpc) is 1.99. The van der Waals surface area contributed by atoms with E-state index < -0.39 is 16.7 Å². The second-order valence-electron chi connectivity index (χ2n) is 3.19. The predicted octanol–water partition coefficient (Wildman–Crippen LogP) is 2.94. The minimum atomic E-state index is -3.41. The Bertz CT molecular complexity index is 229. The van der Waals surface area contributed by atoms with Crippen molar-refractivity contribution in [1.29, 1.82) is 0 Å². The second kappa shape index (κ2) is 3.39. The third kappa shape index (κ3) is 1.71. The number of carbonyl (C=O) groups is 1. The van der Waals surface area contributed by atoms with Crippen molar-refractivity contribution in [2.75, 3.05) is 5.75 Å². The molecule has 0 aromatic carbocycles. The van der Waals surface area contributed by atoms with Crippen LogP contribution < -0.4 is 0 Å². The highest BCUT2D eigenvalue weighted by Gasteiger charge is 2.57. The molecule has 2 unspecified atom stereocenters. The molecule has 1 saturated heterocycles. The quantitative estimate of drug-likeness (QED) is 0.690. The summed E-state index contributed by atoms with van der Waals surface area (Å²) in [4.78, 5) is 11.0. The largest absolute Gasteiger partial charge is 0.327 e. The van der Waals surface area contributed by atoms with Crippen LogP contribution in [0, 0.1) is 18.3 Å². The lowest BCUT2D eigenvalue weighted by Crippen LogP contribution is -2.49. The van der Waals surface area contributed by atoms with Gasteiger partial charge in [-0.15, -0.1) is 0 Å². The Hall–Kier alpha value is 0.170. The van der Waals surface area contributed by atoms with Gasteiger partial charge in [-0.25, -0.2) is 0 Å². The van der Waals surface area contributed by atoms with Gasteiger partial charge in [-0.1, -0.05) is 18.7 Å². The summed E-state index contributed by atoms with van der Waals surface area (Å²) in [5.74, 6) is -0.298. The Morgan fingerprint density at radius 3 is 2.38 bits per heavy atom. The van der Waals surface area contributed by atoms with E-state index in [4.69, 9.17) is 11.6 Å². The molecule has 1 rings (SSSR count). The fourth-order valence-corrected chi connectivity index (χ4v) is 2.54. The summed E-state index contributed by atoms with van der Waals surface area (Å²) >= 11 is 6.01. The lowest BCUT2D eigenvalue weighted by molar-refractivity contribution is -0.126. The van der Waals surface area contributed by atoms with Crippen molar-refractivity contribution in [3.8, 4) is 0 Å². The third-order valence-corrected chi connectivity index (χ3v) is 3.98. The maximum absolute atomic E-state index is 13.0. The van der Waals surface area contributed by atoms with Gasteiger partial charge < -0.3 is 0 Å². The van der Waals surface area contributed by atoms with Crippen LogP contribution >= 0.6 is 23.4 Å². The van der Waals surface area contributed by atoms with Crippen molar-refractivity contribution in [2.45, 2.75) is 18.7 Å². The number of carbonyl (C=O) groups excluding carboxylic acids is 1. The molecule has 0 N–H and O–H groups in total. The Labute approximate surface area is 85.2 Å². The lowest BCUT2D eigenvalue weighted by Gasteiger charge is -2.42. The first-order chi connectivity index (χ1) is 5.83. The maximum atomic E-state index is 13.0. The molecule has 1 radical (unpaired) electrons. The van der Waals surface area contributed by atoms with Crippen molar-refractivity contribution in [3.05, 3.63) is 6.92 Å². The molecule has 0 amide bonds. The topological polar surface area (TPSA) is 17.1 Å². The minimum Gasteiger partial charge on any atom is -0.287 e. The van der Waals surface area contributed by atoms with Gasteiger partial charge in [0.05, 0.1) is 11.3 Å². The van der Waals surface area contributed by atoms with E-state index in [1.807, 2.05) is 0 Å². The standard InChI is InChI=1S/C8H10ClF2OS/c1-3-7(2,8(9,10)11)5-4-13-6(5)12/h5H,2-4H2,1H3. The average molecular weight is 228 g/mol. The van der Waals surface area contributed by atoms with Gasteiger partial charge in [-0.05, 0) is 24.9 Å². The normalized spacial score (nSPS) is 28.1. The number of rotatable bonds is 3. The van der Waals surface area contributed by atoms with E-state index in [2.05, 4.69) is 6.92 Å². The van der Waals surface area contributed by atoms with E-state index >= 15 is 0 Å². The van der Waals surface area contributed by atoms with Gasteiger partial charge in [0.2, 0.25) is 0 Å². The van der Waals surface area contributed by atoms with E-state index in [0.717, 1.165) is 11.8 Å². The highest BCUT2D eigenvalue weighted by Crippen LogP contribution is 2.53. The molecule has 1 aliphatic rings. The number of hydrogen-bond donors (Lipinski definition) is 0. The molecular weight excluding hydrogens is 218 g/mol. The molecule has 0 aliphatic carbocycles. The number of alkyl halides is 3. The zero-order valence-electron chi connectivity index (χ0n) is 7.15. The van der Waals surface area contributed by atoms with Gasteiger partial charge in [0, 0.05) is 5.75 Å². The van der Waals surface area contributed by atoms with Gasteiger partial charge >= 0.3 is 5.38 Å². The van der Waals surface area contributed by atoms with Crippen LogP contribution in [0.3, 0.4) is 0 Å². The van der Waals surface area contributed by atoms with Gasteiger partial charge in [-0.2, -0.15) is 8.78 Å². The molecule has 75 valence electrons. The molecule has 0 saturated carbocycles. The zero-order valence-corrected chi connectivity index (χ0v) is 8.72. The van der Waals surface area contributed by atoms with Crippen molar-refractivity contribution in [3.63, 3.8) is 0 Å². The summed E-state index contributed by atoms with van der Waals surface area (Å²) in [6, 6.07) is 0. The molecule has 0 spiro atoms. The smallest absolute Gasteiger partial charge is 0.287 e. The maximum Gasteiger partial charge on any atom is 0.327 e. The predicted molar refractivity (Wildman–Crippen MR) is 49.8 cm³/mol. The SMILES string of the molecule is [CH2]C(CC)(C1CSC1=O)C(F)(F)Cl. The van der Waals surface area contributed by atoms with Crippen LogP contribution in [0.1, 0.15) is 13.3 Å². The van der Waals surface area contributed by atoms with Crippen molar-refractivity contribution in [2.24, 2.45) is 11.3 Å². The van der Waals surface area contributed by atoms with Crippen LogP contribution in [0.2, 0.25) is 0 Å². The lowest BCUT2D eigenvalue weighted by atomic mass is 9.76. The first-order valence-corrected chi connectivity index (χ1v) is 5.28. The summed E-state index contributed by atoms with van der Waals surface area (Å²) in [6.45, 7) is 4.98. The summed E-state index contributed by atoms with van der Waals surface area (Å²) in [7, 11) is 0. The summed E-state index contributed by atoms with van der Waals surface area (Å²) < 4.78 is 25.9. The molecule has 1 heterocycles. The molecule has 2 atom stereocenters. The van der Waals surface area contributed by atoms with Gasteiger partial charge in [0.1, 0.15) is 0 Å². The van der Waals surface area contributed by atoms with E-state index in [1.165, 1.54) is 0 Å². The molecule has 5 heteroatoms. The summed E-state index contributed by atoms with van der Waals surface area (Å²) in [6.07, 6.45) is 0.0977. The van der Waals surface area contributed by atoms with Crippen molar-refractivity contribution >= 4 is 28.5 Å². The number of halogens is 3. The highest BCUT2D eigenvalue weighted by atomic mass is 35.5. The van der Waals surface area contributed by atoms with Gasteiger partial charge in [0.15, 0.2) is 5.12 Å². The minimum absolute atomic E-state index is 0.0977. The number of thioether (sulfide) groups is 1. The summed E-state index contributed by atoms with van der Waals surface area (Å²) in [5, 5.41) is -3.64. The van der Waals surface area contributed by atoms with Gasteiger partial charge in [0.25, 0.3) is 0 Å². The van der Waals surface area contributed by atoms with Crippen molar-refractivity contribution in [1.82, 2.24) is 0 Å². The van der Waals surface area contributed by atoms with E-state index in [9.17, 15) is 13.6 Å². The molecule has 0 aromatic heterocycles. The van der Waals surface area contributed by atoms with E-state index in [1.54, 1.807) is 6.92 Å². The van der Waals surface area contributed by atoms with Crippen LogP contribution in [0.25, 0.3) is 0 Å². The molecule has 13 heavy (non-hydrogen) atoms. The second-order valence-corrected chi connectivity index (χ2v) is 4.69. The molecule has 1 nitrogen and oxygen atoms in total. The fourth-order valence-electron chi connectivity index (χ4n) is 1.26. The first-order valence-electron chi connectivity index (χ1n) is 3.91. The molecule has 1 fully saturated rings. The van der Waals surface area contributed by atoms with E-state index in [0.29, 0.717) is 5.75 Å². The molecule has 0 bridgehead atoms. The van der Waals surface area contributed by atoms with Crippen LogP contribution in [0.15, 0.2) is 0 Å². The monoisotopic (exact) mass is 227 g/mol. The Morgan fingerprint density at radius 2 is 2.31 bits per heavy atom. The van der Waals surface area contributed by atoms with E-state index in [-0.39, 0.29) is 11.5 Å². The first kappa shape index (κ1) is 11.2. The molecule has 0 aromatic rings. The number of hydrogen-bond acceptors (Lipinski definition) is 2. The Morgan fingerprint density at radius 1 is 1.77 bits per heavy atom. The fraction of sp³-hybridized carbons (Fsp3) is 0.750. The Balaban J connectivity index is 2.87. The highest BCUT2D eigenvalue weighted by molar-refractivity contribution is 8.15.